The summed E-state index contributed by atoms with van der Waals surface area (Å²) in [5.74, 6) is -1.09. The summed E-state index contributed by atoms with van der Waals surface area (Å²) in [4.78, 5) is 17.1. The molecule has 0 radical (unpaired) electrons. The molecule has 0 saturated heterocycles. The van der Waals surface area contributed by atoms with Crippen molar-refractivity contribution in [2.45, 2.75) is 6.92 Å². The largest absolute Gasteiger partial charge is 0.477 e. The Morgan fingerprint density at radius 3 is 2.81 bits per heavy atom. The van der Waals surface area contributed by atoms with Gasteiger partial charge in [-0.3, -0.25) is 0 Å². The van der Waals surface area contributed by atoms with E-state index in [1.165, 1.54) is 12.3 Å². The summed E-state index contributed by atoms with van der Waals surface area (Å²) < 4.78 is 13.3. The predicted octanol–water partition coefficient (Wildman–Crippen LogP) is 2.22. The summed E-state index contributed by atoms with van der Waals surface area (Å²) >= 11 is 0. The molecule has 5 heteroatoms. The van der Waals surface area contributed by atoms with Crippen LogP contribution < -0.4 is 0 Å². The molecule has 0 bridgehead atoms. The van der Waals surface area contributed by atoms with Crippen molar-refractivity contribution in [2.75, 3.05) is 0 Å². The Morgan fingerprint density at radius 1 is 1.50 bits per heavy atom. The van der Waals surface area contributed by atoms with Gasteiger partial charge >= 0.3 is 5.97 Å². The third-order valence-corrected chi connectivity index (χ3v) is 2.25. The van der Waals surface area contributed by atoms with Crippen molar-refractivity contribution in [3.63, 3.8) is 0 Å². The number of halogens is 1. The van der Waals surface area contributed by atoms with E-state index in [9.17, 15) is 9.18 Å². The minimum atomic E-state index is -1.09. The van der Waals surface area contributed by atoms with E-state index in [2.05, 4.69) is 9.97 Å². The van der Waals surface area contributed by atoms with Crippen molar-refractivity contribution in [1.29, 1.82) is 0 Å². The maximum absolute atomic E-state index is 13.3. The lowest BCUT2D eigenvalue weighted by Crippen LogP contribution is -1.95. The Hall–Kier alpha value is -2.17. The zero-order valence-corrected chi connectivity index (χ0v) is 8.49. The van der Waals surface area contributed by atoms with E-state index >= 15 is 0 Å². The molecule has 2 N–H and O–H groups in total. The number of H-pyrrole nitrogens is 1. The van der Waals surface area contributed by atoms with E-state index in [0.29, 0.717) is 17.0 Å². The fourth-order valence-corrected chi connectivity index (χ4v) is 1.32. The van der Waals surface area contributed by atoms with Crippen LogP contribution in [0.15, 0.2) is 24.4 Å². The molecule has 0 fully saturated rings. The van der Waals surface area contributed by atoms with Gasteiger partial charge in [-0.15, -0.1) is 0 Å². The molecule has 4 nitrogen and oxygen atoms in total. The lowest BCUT2D eigenvalue weighted by molar-refractivity contribution is 0.0691. The number of aromatic carboxylic acids is 1. The minimum absolute atomic E-state index is 0.0176. The second kappa shape index (κ2) is 3.77. The van der Waals surface area contributed by atoms with Crippen LogP contribution in [0.3, 0.4) is 0 Å². The number of carbonyl (C=O) groups is 1. The first-order valence-corrected chi connectivity index (χ1v) is 4.63. The molecule has 0 saturated carbocycles. The van der Waals surface area contributed by atoms with Crippen LogP contribution in [0.4, 0.5) is 4.39 Å². The Labute approximate surface area is 90.8 Å². The topological polar surface area (TPSA) is 66.0 Å². The number of hydrogen-bond donors (Lipinski definition) is 2. The predicted molar refractivity (Wildman–Crippen MR) is 55.7 cm³/mol. The molecule has 0 amide bonds. The van der Waals surface area contributed by atoms with E-state index in [0.717, 1.165) is 0 Å². The van der Waals surface area contributed by atoms with Gasteiger partial charge in [0.2, 0.25) is 0 Å². The highest BCUT2D eigenvalue weighted by Gasteiger charge is 2.09. The summed E-state index contributed by atoms with van der Waals surface area (Å²) in [5.41, 5.74) is 1.04. The highest BCUT2D eigenvalue weighted by Crippen LogP contribution is 2.18. The van der Waals surface area contributed by atoms with Crippen LogP contribution in [0.2, 0.25) is 0 Å². The van der Waals surface area contributed by atoms with Crippen molar-refractivity contribution in [3.05, 3.63) is 41.5 Å². The zero-order chi connectivity index (χ0) is 11.7. The number of hydrogen-bond acceptors (Lipinski definition) is 2. The standard InChI is InChI=1S/C11H9FN2O2/c1-6-2-3-7(4-8(6)12)10-13-5-9(14-10)11(15)16/h2-5H,1H3,(H,13,14)(H,15,16). The lowest BCUT2D eigenvalue weighted by Gasteiger charge is -1.99. The normalized spacial score (nSPS) is 10.4. The molecular formula is C11H9FN2O2. The molecule has 0 spiro atoms. The summed E-state index contributed by atoms with van der Waals surface area (Å²) in [7, 11) is 0. The number of carboxylic acids is 1. The number of nitrogens with zero attached hydrogens (tertiary/aromatic N) is 1. The van der Waals surface area contributed by atoms with E-state index in [1.54, 1.807) is 19.1 Å². The molecule has 0 atom stereocenters. The second-order valence-corrected chi connectivity index (χ2v) is 3.41. The number of benzene rings is 1. The first-order chi connectivity index (χ1) is 7.58. The van der Waals surface area contributed by atoms with E-state index in [-0.39, 0.29) is 11.5 Å². The molecule has 0 aliphatic carbocycles. The molecule has 1 aromatic heterocycles. The number of carboxylic acid groups (broad SMARTS) is 1. The van der Waals surface area contributed by atoms with Crippen LogP contribution in [0.5, 0.6) is 0 Å². The quantitative estimate of drug-likeness (QED) is 0.815. The SMILES string of the molecule is Cc1ccc(-c2ncc(C(=O)O)[nH]2)cc1F. The monoisotopic (exact) mass is 220 g/mol. The first-order valence-electron chi connectivity index (χ1n) is 4.63. The van der Waals surface area contributed by atoms with Gasteiger partial charge in [-0.1, -0.05) is 12.1 Å². The highest BCUT2D eigenvalue weighted by atomic mass is 19.1. The first kappa shape index (κ1) is 10.4. The second-order valence-electron chi connectivity index (χ2n) is 3.41. The molecule has 82 valence electrons. The number of aromatic nitrogens is 2. The van der Waals surface area contributed by atoms with Crippen LogP contribution >= 0.6 is 0 Å². The smallest absolute Gasteiger partial charge is 0.353 e. The molecule has 0 aliphatic heterocycles. The molecular weight excluding hydrogens is 211 g/mol. The minimum Gasteiger partial charge on any atom is -0.477 e. The molecule has 0 aliphatic rings. The van der Waals surface area contributed by atoms with Gasteiger partial charge in [0.15, 0.2) is 0 Å². The average molecular weight is 220 g/mol. The summed E-state index contributed by atoms with van der Waals surface area (Å²) in [6.45, 7) is 1.66. The van der Waals surface area contributed by atoms with E-state index in [4.69, 9.17) is 5.11 Å². The maximum atomic E-state index is 13.3. The highest BCUT2D eigenvalue weighted by molar-refractivity contribution is 5.85. The third kappa shape index (κ3) is 1.79. The fraction of sp³-hybridized carbons (Fsp3) is 0.0909. The summed E-state index contributed by atoms with van der Waals surface area (Å²) in [6, 6.07) is 4.62. The Balaban J connectivity index is 2.42. The molecule has 0 unspecified atom stereocenters. The van der Waals surface area contributed by atoms with Gasteiger partial charge in [0.1, 0.15) is 17.3 Å². The molecule has 2 aromatic rings. The average Bonchev–Trinajstić information content (AvgIpc) is 2.71. The van der Waals surface area contributed by atoms with Gasteiger partial charge in [0.05, 0.1) is 6.20 Å². The van der Waals surface area contributed by atoms with E-state index < -0.39 is 5.97 Å². The number of aromatic amines is 1. The van der Waals surface area contributed by atoms with Crippen molar-refractivity contribution in [3.8, 4) is 11.4 Å². The lowest BCUT2D eigenvalue weighted by atomic mass is 10.1. The Kier molecular flexibility index (Phi) is 2.44. The van der Waals surface area contributed by atoms with Crippen molar-refractivity contribution < 1.29 is 14.3 Å². The van der Waals surface area contributed by atoms with Gasteiger partial charge in [-0.25, -0.2) is 14.2 Å². The van der Waals surface area contributed by atoms with Crippen LogP contribution in [0, 0.1) is 12.7 Å². The third-order valence-electron chi connectivity index (χ3n) is 2.25. The van der Waals surface area contributed by atoms with Crippen LogP contribution in [0.25, 0.3) is 11.4 Å². The van der Waals surface area contributed by atoms with Gasteiger partial charge in [0, 0.05) is 5.56 Å². The van der Waals surface area contributed by atoms with Crippen LogP contribution in [-0.4, -0.2) is 21.0 Å². The molecule has 1 heterocycles. The zero-order valence-electron chi connectivity index (χ0n) is 8.49. The summed E-state index contributed by atoms with van der Waals surface area (Å²) in [5, 5.41) is 8.70. The van der Waals surface area contributed by atoms with Gasteiger partial charge in [-0.05, 0) is 18.6 Å². The Bertz CT molecular complexity index is 549. The molecule has 16 heavy (non-hydrogen) atoms. The molecule has 1 aromatic carbocycles. The molecule has 2 rings (SSSR count). The number of rotatable bonds is 2. The number of nitrogens with one attached hydrogen (secondary N) is 1. The number of imidazole rings is 1. The van der Waals surface area contributed by atoms with Crippen molar-refractivity contribution in [2.24, 2.45) is 0 Å². The fourth-order valence-electron chi connectivity index (χ4n) is 1.32. The number of aryl methyl sites for hydroxylation is 1. The van der Waals surface area contributed by atoms with Gasteiger partial charge < -0.3 is 10.1 Å². The maximum Gasteiger partial charge on any atom is 0.353 e. The van der Waals surface area contributed by atoms with Crippen LogP contribution in [0.1, 0.15) is 16.1 Å². The van der Waals surface area contributed by atoms with Crippen LogP contribution in [-0.2, 0) is 0 Å². The van der Waals surface area contributed by atoms with E-state index in [1.807, 2.05) is 0 Å². The van der Waals surface area contributed by atoms with Gasteiger partial charge in [-0.2, -0.15) is 0 Å². The van der Waals surface area contributed by atoms with Crippen molar-refractivity contribution in [1.82, 2.24) is 9.97 Å². The Morgan fingerprint density at radius 2 is 2.25 bits per heavy atom. The van der Waals surface area contributed by atoms with Crippen molar-refractivity contribution >= 4 is 5.97 Å². The van der Waals surface area contributed by atoms with Gasteiger partial charge in [0.25, 0.3) is 0 Å². The summed E-state index contributed by atoms with van der Waals surface area (Å²) in [6.07, 6.45) is 1.20.